The highest BCUT2D eigenvalue weighted by molar-refractivity contribution is 9.09. The van der Waals surface area contributed by atoms with Gasteiger partial charge in [0.1, 0.15) is 10.3 Å². The first kappa shape index (κ1) is 9.55. The molecule has 0 bridgehead atoms. The Kier molecular flexibility index (Phi) is 2.75. The van der Waals surface area contributed by atoms with Gasteiger partial charge in [-0.2, -0.15) is 0 Å². The Morgan fingerprint density at radius 2 is 2.17 bits per heavy atom. The standard InChI is InChI=1S/C9H11BrO2/c1-9(10,11)7-4-3-5-8(6-7)12-2/h3-6,11H,1-2H3/t9-/m1/s1. The first-order valence-corrected chi connectivity index (χ1v) is 4.39. The quantitative estimate of drug-likeness (QED) is 0.791. The molecule has 66 valence electrons. The van der Waals surface area contributed by atoms with E-state index in [0.29, 0.717) is 0 Å². The van der Waals surface area contributed by atoms with Gasteiger partial charge in [-0.3, -0.25) is 0 Å². The van der Waals surface area contributed by atoms with Gasteiger partial charge >= 0.3 is 0 Å². The summed E-state index contributed by atoms with van der Waals surface area (Å²) in [7, 11) is 1.60. The van der Waals surface area contributed by atoms with Crippen molar-refractivity contribution >= 4 is 15.9 Å². The lowest BCUT2D eigenvalue weighted by Gasteiger charge is -2.15. The van der Waals surface area contributed by atoms with Crippen LogP contribution in [0.25, 0.3) is 0 Å². The fraction of sp³-hybridized carbons (Fsp3) is 0.333. The zero-order valence-corrected chi connectivity index (χ0v) is 8.63. The Balaban J connectivity index is 3.02. The molecule has 0 aliphatic carbocycles. The molecule has 0 aromatic heterocycles. The minimum atomic E-state index is -0.985. The highest BCUT2D eigenvalue weighted by Gasteiger charge is 2.18. The average Bonchev–Trinajstić information content (AvgIpc) is 2.03. The molecular weight excluding hydrogens is 220 g/mol. The monoisotopic (exact) mass is 230 g/mol. The van der Waals surface area contributed by atoms with Crippen LogP contribution in [0.4, 0.5) is 0 Å². The van der Waals surface area contributed by atoms with E-state index in [1.165, 1.54) is 0 Å². The molecule has 1 aromatic rings. The second-order valence-corrected chi connectivity index (χ2v) is 4.23. The number of halogens is 1. The number of hydrogen-bond acceptors (Lipinski definition) is 2. The normalized spacial score (nSPS) is 15.3. The van der Waals surface area contributed by atoms with Gasteiger partial charge in [-0.25, -0.2) is 0 Å². The number of methoxy groups -OCH3 is 1. The SMILES string of the molecule is COc1cccc([C@@](C)(O)Br)c1. The van der Waals surface area contributed by atoms with Crippen LogP contribution in [0.15, 0.2) is 24.3 Å². The van der Waals surface area contributed by atoms with E-state index >= 15 is 0 Å². The first-order valence-electron chi connectivity index (χ1n) is 3.60. The van der Waals surface area contributed by atoms with Gasteiger partial charge in [-0.15, -0.1) is 0 Å². The highest BCUT2D eigenvalue weighted by Crippen LogP contribution is 2.29. The third kappa shape index (κ3) is 2.22. The van der Waals surface area contributed by atoms with Crippen molar-refractivity contribution in [2.24, 2.45) is 0 Å². The van der Waals surface area contributed by atoms with E-state index in [9.17, 15) is 5.11 Å². The van der Waals surface area contributed by atoms with E-state index < -0.39 is 4.51 Å². The molecule has 0 radical (unpaired) electrons. The Morgan fingerprint density at radius 1 is 1.50 bits per heavy atom. The molecule has 1 atom stereocenters. The van der Waals surface area contributed by atoms with Crippen molar-refractivity contribution in [3.63, 3.8) is 0 Å². The number of rotatable bonds is 2. The lowest BCUT2D eigenvalue weighted by Crippen LogP contribution is -2.10. The fourth-order valence-electron chi connectivity index (χ4n) is 0.907. The molecule has 1 N–H and O–H groups in total. The van der Waals surface area contributed by atoms with E-state index in [2.05, 4.69) is 15.9 Å². The van der Waals surface area contributed by atoms with E-state index in [0.717, 1.165) is 11.3 Å². The van der Waals surface area contributed by atoms with Crippen molar-refractivity contribution in [2.75, 3.05) is 7.11 Å². The second-order valence-electron chi connectivity index (χ2n) is 2.69. The van der Waals surface area contributed by atoms with Gasteiger partial charge < -0.3 is 9.84 Å². The van der Waals surface area contributed by atoms with Crippen molar-refractivity contribution in [1.29, 1.82) is 0 Å². The van der Waals surface area contributed by atoms with E-state index in [-0.39, 0.29) is 0 Å². The molecule has 2 nitrogen and oxygen atoms in total. The maximum absolute atomic E-state index is 9.57. The number of aliphatic hydroxyl groups is 1. The predicted molar refractivity (Wildman–Crippen MR) is 51.5 cm³/mol. The van der Waals surface area contributed by atoms with Crippen LogP contribution in [0.3, 0.4) is 0 Å². The summed E-state index contributed by atoms with van der Waals surface area (Å²) in [6, 6.07) is 7.29. The van der Waals surface area contributed by atoms with Gasteiger partial charge in [0.15, 0.2) is 0 Å². The van der Waals surface area contributed by atoms with Gasteiger partial charge in [-0.05, 0) is 40.5 Å². The molecular formula is C9H11BrO2. The lowest BCUT2D eigenvalue weighted by molar-refractivity contribution is 0.167. The van der Waals surface area contributed by atoms with Crippen molar-refractivity contribution in [3.05, 3.63) is 29.8 Å². The smallest absolute Gasteiger partial charge is 0.142 e. The molecule has 12 heavy (non-hydrogen) atoms. The van der Waals surface area contributed by atoms with Crippen LogP contribution >= 0.6 is 15.9 Å². The molecule has 0 heterocycles. The summed E-state index contributed by atoms with van der Waals surface area (Å²) >= 11 is 3.15. The lowest BCUT2D eigenvalue weighted by atomic mass is 10.1. The largest absolute Gasteiger partial charge is 0.497 e. The molecule has 0 aliphatic rings. The van der Waals surface area contributed by atoms with Gasteiger partial charge in [0.05, 0.1) is 7.11 Å². The highest BCUT2D eigenvalue weighted by atomic mass is 79.9. The summed E-state index contributed by atoms with van der Waals surface area (Å²) in [6.45, 7) is 1.67. The van der Waals surface area contributed by atoms with Crippen molar-refractivity contribution in [2.45, 2.75) is 11.4 Å². The number of ether oxygens (including phenoxy) is 1. The zero-order valence-electron chi connectivity index (χ0n) is 7.04. The molecule has 0 saturated carbocycles. The third-order valence-electron chi connectivity index (χ3n) is 1.60. The molecule has 0 unspecified atom stereocenters. The maximum Gasteiger partial charge on any atom is 0.142 e. The van der Waals surface area contributed by atoms with Crippen LogP contribution in [0.5, 0.6) is 5.75 Å². The summed E-state index contributed by atoms with van der Waals surface area (Å²) in [5.74, 6) is 0.743. The van der Waals surface area contributed by atoms with E-state index in [1.54, 1.807) is 20.1 Å². The van der Waals surface area contributed by atoms with Gasteiger partial charge in [-0.1, -0.05) is 12.1 Å². The predicted octanol–water partition coefficient (Wildman–Crippen LogP) is 2.26. The summed E-state index contributed by atoms with van der Waals surface area (Å²) in [4.78, 5) is 0. The molecule has 0 aliphatic heterocycles. The number of alkyl halides is 1. The average molecular weight is 231 g/mol. The third-order valence-corrected chi connectivity index (χ3v) is 2.05. The molecule has 3 heteroatoms. The molecule has 0 fully saturated rings. The fourth-order valence-corrected chi connectivity index (χ4v) is 1.15. The van der Waals surface area contributed by atoms with Gasteiger partial charge in [0, 0.05) is 0 Å². The van der Waals surface area contributed by atoms with Crippen LogP contribution in [0.2, 0.25) is 0 Å². The molecule has 1 aromatic carbocycles. The van der Waals surface area contributed by atoms with Crippen LogP contribution in [-0.2, 0) is 4.51 Å². The number of hydrogen-bond donors (Lipinski definition) is 1. The van der Waals surface area contributed by atoms with Gasteiger partial charge in [0.25, 0.3) is 0 Å². The first-order chi connectivity index (χ1) is 5.54. The molecule has 0 saturated heterocycles. The summed E-state index contributed by atoms with van der Waals surface area (Å²) in [5, 5.41) is 9.57. The number of benzene rings is 1. The van der Waals surface area contributed by atoms with Crippen LogP contribution < -0.4 is 4.74 Å². The zero-order chi connectivity index (χ0) is 9.19. The molecule has 0 amide bonds. The van der Waals surface area contributed by atoms with Crippen molar-refractivity contribution < 1.29 is 9.84 Å². The summed E-state index contributed by atoms with van der Waals surface area (Å²) in [5.41, 5.74) is 0.779. The second kappa shape index (κ2) is 3.46. The summed E-state index contributed by atoms with van der Waals surface area (Å²) < 4.78 is 4.03. The molecule has 1 rings (SSSR count). The van der Waals surface area contributed by atoms with Gasteiger partial charge in [0.2, 0.25) is 0 Å². The molecule has 0 spiro atoms. The van der Waals surface area contributed by atoms with Crippen LogP contribution in [0.1, 0.15) is 12.5 Å². The Labute approximate surface area is 80.3 Å². The minimum Gasteiger partial charge on any atom is -0.497 e. The summed E-state index contributed by atoms with van der Waals surface area (Å²) in [6.07, 6.45) is 0. The van der Waals surface area contributed by atoms with E-state index in [1.807, 2.05) is 18.2 Å². The Morgan fingerprint density at radius 3 is 2.67 bits per heavy atom. The Hall–Kier alpha value is -0.540. The minimum absolute atomic E-state index is 0.743. The topological polar surface area (TPSA) is 29.5 Å². The van der Waals surface area contributed by atoms with Crippen molar-refractivity contribution in [1.82, 2.24) is 0 Å². The van der Waals surface area contributed by atoms with Crippen LogP contribution in [-0.4, -0.2) is 12.2 Å². The van der Waals surface area contributed by atoms with Crippen LogP contribution in [0, 0.1) is 0 Å². The Bertz CT molecular complexity index is 265. The maximum atomic E-state index is 9.57. The van der Waals surface area contributed by atoms with E-state index in [4.69, 9.17) is 4.74 Å². The van der Waals surface area contributed by atoms with Crippen molar-refractivity contribution in [3.8, 4) is 5.75 Å².